The highest BCUT2D eigenvalue weighted by Crippen LogP contribution is 2.43. The number of carbonyl (C=O) groups excluding carboxylic acids is 2. The summed E-state index contributed by atoms with van der Waals surface area (Å²) in [7, 11) is 3.16. The lowest BCUT2D eigenvalue weighted by molar-refractivity contribution is -0.138. The molecule has 7 heteroatoms. The van der Waals surface area contributed by atoms with Gasteiger partial charge >= 0.3 is 0 Å². The number of nitrogens with zero attached hydrogens (tertiary/aromatic N) is 1. The number of hydrogen-bond acceptors (Lipinski definition) is 5. The average Bonchev–Trinajstić information content (AvgIpc) is 3.19. The third kappa shape index (κ3) is 4.85. The van der Waals surface area contributed by atoms with Crippen molar-refractivity contribution in [2.45, 2.75) is 24.8 Å². The second-order valence-electron chi connectivity index (χ2n) is 6.77. The van der Waals surface area contributed by atoms with E-state index in [-0.39, 0.29) is 17.2 Å². The number of benzene rings is 2. The van der Waals surface area contributed by atoms with Crippen molar-refractivity contribution in [2.24, 2.45) is 0 Å². The minimum atomic E-state index is -0.494. The molecule has 1 aliphatic rings. The number of rotatable bonds is 7. The summed E-state index contributed by atoms with van der Waals surface area (Å²) in [4.78, 5) is 26.8. The zero-order valence-electron chi connectivity index (χ0n) is 16.9. The number of carbonyl (C=O) groups is 2. The van der Waals surface area contributed by atoms with Gasteiger partial charge in [0.2, 0.25) is 11.8 Å². The number of nitrogens with one attached hydrogen (secondary N) is 1. The molecule has 1 aliphatic heterocycles. The van der Waals surface area contributed by atoms with Crippen molar-refractivity contribution in [3.8, 4) is 11.5 Å². The Balaban J connectivity index is 1.69. The van der Waals surface area contributed by atoms with E-state index in [0.29, 0.717) is 23.8 Å². The van der Waals surface area contributed by atoms with Crippen LogP contribution in [0.25, 0.3) is 0 Å². The van der Waals surface area contributed by atoms with Gasteiger partial charge in [0.1, 0.15) is 11.4 Å². The molecule has 154 valence electrons. The molecule has 1 N–H and O–H groups in total. The minimum absolute atomic E-state index is 0.119. The van der Waals surface area contributed by atoms with Crippen LogP contribution in [0.4, 0.5) is 0 Å². The largest absolute Gasteiger partial charge is 0.493 e. The first-order valence-electron chi connectivity index (χ1n) is 9.49. The Bertz CT molecular complexity index is 859. The molecule has 0 spiro atoms. The SMILES string of the molecule is COc1ccc([C@@H]2SC[C@H](C(=O)NCCc3ccccc3)N2C(C)=O)cc1OC. The molecule has 1 saturated heterocycles. The average molecular weight is 415 g/mol. The molecule has 0 aromatic heterocycles. The molecule has 29 heavy (non-hydrogen) atoms. The van der Waals surface area contributed by atoms with Crippen molar-refractivity contribution in [1.82, 2.24) is 10.2 Å². The van der Waals surface area contributed by atoms with Crippen molar-refractivity contribution >= 4 is 23.6 Å². The van der Waals surface area contributed by atoms with Crippen molar-refractivity contribution in [1.29, 1.82) is 0 Å². The molecule has 2 aromatic carbocycles. The quantitative estimate of drug-likeness (QED) is 0.754. The molecule has 0 unspecified atom stereocenters. The lowest BCUT2D eigenvalue weighted by Gasteiger charge is -2.28. The van der Waals surface area contributed by atoms with E-state index in [1.165, 1.54) is 12.5 Å². The lowest BCUT2D eigenvalue weighted by Crippen LogP contribution is -2.47. The molecule has 0 aliphatic carbocycles. The third-order valence-electron chi connectivity index (χ3n) is 4.92. The van der Waals surface area contributed by atoms with Gasteiger partial charge < -0.3 is 19.7 Å². The van der Waals surface area contributed by atoms with Crippen LogP contribution >= 0.6 is 11.8 Å². The smallest absolute Gasteiger partial charge is 0.243 e. The van der Waals surface area contributed by atoms with Crippen LogP contribution in [0.2, 0.25) is 0 Å². The van der Waals surface area contributed by atoms with Crippen molar-refractivity contribution in [2.75, 3.05) is 26.5 Å². The predicted octanol–water partition coefficient (Wildman–Crippen LogP) is 3.03. The van der Waals surface area contributed by atoms with E-state index >= 15 is 0 Å². The first kappa shape index (κ1) is 21.0. The fourth-order valence-corrected chi connectivity index (χ4v) is 4.92. The van der Waals surface area contributed by atoms with Gasteiger partial charge in [-0.2, -0.15) is 0 Å². The van der Waals surface area contributed by atoms with Crippen molar-refractivity contribution < 1.29 is 19.1 Å². The molecule has 0 saturated carbocycles. The standard InChI is InChI=1S/C22H26N2O4S/c1-15(25)24-18(21(26)23-12-11-16-7-5-4-6-8-16)14-29-22(24)17-9-10-19(27-2)20(13-17)28-3/h4-10,13,18,22H,11-12,14H2,1-3H3,(H,23,26)/t18-,22+/m1/s1. The first-order chi connectivity index (χ1) is 14.0. The number of thioether (sulfide) groups is 1. The first-order valence-corrected chi connectivity index (χ1v) is 10.5. The zero-order chi connectivity index (χ0) is 20.8. The Hall–Kier alpha value is -2.67. The van der Waals surface area contributed by atoms with Crippen LogP contribution in [0.1, 0.15) is 23.4 Å². The maximum absolute atomic E-state index is 12.8. The normalized spacial score (nSPS) is 18.4. The fourth-order valence-electron chi connectivity index (χ4n) is 3.45. The molecule has 0 bridgehead atoms. The van der Waals surface area contributed by atoms with Crippen LogP contribution in [0.5, 0.6) is 11.5 Å². The van der Waals surface area contributed by atoms with E-state index in [1.54, 1.807) is 30.9 Å². The summed E-state index contributed by atoms with van der Waals surface area (Å²) in [6, 6.07) is 15.1. The van der Waals surface area contributed by atoms with E-state index in [4.69, 9.17) is 9.47 Å². The van der Waals surface area contributed by atoms with Crippen molar-refractivity contribution in [3.63, 3.8) is 0 Å². The van der Waals surface area contributed by atoms with Gasteiger partial charge in [-0.25, -0.2) is 0 Å². The summed E-state index contributed by atoms with van der Waals surface area (Å²) < 4.78 is 10.7. The van der Waals surface area contributed by atoms with E-state index in [1.807, 2.05) is 48.5 Å². The number of hydrogen-bond donors (Lipinski definition) is 1. The predicted molar refractivity (Wildman–Crippen MR) is 114 cm³/mol. The summed E-state index contributed by atoms with van der Waals surface area (Å²) >= 11 is 1.58. The molecular formula is C22H26N2O4S. The molecule has 3 rings (SSSR count). The monoisotopic (exact) mass is 414 g/mol. The Labute approximate surface area is 175 Å². The van der Waals surface area contributed by atoms with E-state index < -0.39 is 6.04 Å². The Morgan fingerprint density at radius 3 is 2.48 bits per heavy atom. The van der Waals surface area contributed by atoms with E-state index in [0.717, 1.165) is 12.0 Å². The van der Waals surface area contributed by atoms with Crippen LogP contribution in [-0.4, -0.2) is 49.3 Å². The molecular weight excluding hydrogens is 388 g/mol. The van der Waals surface area contributed by atoms with Gasteiger partial charge in [0.25, 0.3) is 0 Å². The number of methoxy groups -OCH3 is 2. The molecule has 2 atom stereocenters. The highest BCUT2D eigenvalue weighted by atomic mass is 32.2. The van der Waals surface area contributed by atoms with Crippen LogP contribution < -0.4 is 14.8 Å². The number of amides is 2. The van der Waals surface area contributed by atoms with Gasteiger partial charge in [0.05, 0.1) is 14.2 Å². The highest BCUT2D eigenvalue weighted by Gasteiger charge is 2.41. The molecule has 0 radical (unpaired) electrons. The van der Waals surface area contributed by atoms with Gasteiger partial charge in [-0.1, -0.05) is 36.4 Å². The van der Waals surface area contributed by atoms with Gasteiger partial charge in [-0.15, -0.1) is 11.8 Å². The minimum Gasteiger partial charge on any atom is -0.493 e. The second kappa shape index (κ2) is 9.69. The summed E-state index contributed by atoms with van der Waals surface area (Å²) in [5.74, 6) is 1.54. The summed E-state index contributed by atoms with van der Waals surface area (Å²) in [5, 5.41) is 2.74. The van der Waals surface area contributed by atoms with E-state index in [2.05, 4.69) is 5.32 Å². The summed E-state index contributed by atoms with van der Waals surface area (Å²) in [5.41, 5.74) is 2.07. The van der Waals surface area contributed by atoms with Crippen LogP contribution in [0.3, 0.4) is 0 Å². The third-order valence-corrected chi connectivity index (χ3v) is 6.24. The zero-order valence-corrected chi connectivity index (χ0v) is 17.7. The maximum Gasteiger partial charge on any atom is 0.243 e. The van der Waals surface area contributed by atoms with Gasteiger partial charge in [0.15, 0.2) is 11.5 Å². The van der Waals surface area contributed by atoms with Crippen molar-refractivity contribution in [3.05, 3.63) is 59.7 Å². The van der Waals surface area contributed by atoms with Crippen LogP contribution in [-0.2, 0) is 16.0 Å². The molecule has 6 nitrogen and oxygen atoms in total. The second-order valence-corrected chi connectivity index (χ2v) is 7.88. The van der Waals surface area contributed by atoms with Crippen LogP contribution in [0, 0.1) is 0 Å². The van der Waals surface area contributed by atoms with Gasteiger partial charge in [0, 0.05) is 19.2 Å². The topological polar surface area (TPSA) is 67.9 Å². The van der Waals surface area contributed by atoms with Gasteiger partial charge in [-0.3, -0.25) is 9.59 Å². The molecule has 1 heterocycles. The highest BCUT2D eigenvalue weighted by molar-refractivity contribution is 7.99. The Morgan fingerprint density at radius 1 is 1.10 bits per heavy atom. The maximum atomic E-state index is 12.8. The molecule has 2 aromatic rings. The Morgan fingerprint density at radius 2 is 1.83 bits per heavy atom. The Kier molecular flexibility index (Phi) is 7.04. The van der Waals surface area contributed by atoms with Crippen LogP contribution in [0.15, 0.2) is 48.5 Å². The molecule has 2 amide bonds. The van der Waals surface area contributed by atoms with Gasteiger partial charge in [-0.05, 0) is 29.7 Å². The summed E-state index contributed by atoms with van der Waals surface area (Å²) in [6.45, 7) is 2.04. The lowest BCUT2D eigenvalue weighted by atomic mass is 10.1. The fraction of sp³-hybridized carbons (Fsp3) is 0.364. The van der Waals surface area contributed by atoms with E-state index in [9.17, 15) is 9.59 Å². The number of ether oxygens (including phenoxy) is 2. The molecule has 1 fully saturated rings. The summed E-state index contributed by atoms with van der Waals surface area (Å²) in [6.07, 6.45) is 0.756.